The van der Waals surface area contributed by atoms with E-state index in [-0.39, 0.29) is 34.9 Å². The number of nitrogens with one attached hydrogen (secondary N) is 1. The number of amides is 3. The van der Waals surface area contributed by atoms with Crippen LogP contribution in [0.5, 0.6) is 29.1 Å². The molecule has 5 aromatic heterocycles. The maximum absolute atomic E-state index is 14.6. The summed E-state index contributed by atoms with van der Waals surface area (Å²) in [5.41, 5.74) is 7.27. The van der Waals surface area contributed by atoms with E-state index in [4.69, 9.17) is 53.8 Å². The molecule has 0 radical (unpaired) electrons. The summed E-state index contributed by atoms with van der Waals surface area (Å²) in [6.07, 6.45) is 16.1. The zero-order valence-electron chi connectivity index (χ0n) is 52.7. The van der Waals surface area contributed by atoms with Gasteiger partial charge in [-0.1, -0.05) is 59.1 Å². The van der Waals surface area contributed by atoms with Gasteiger partial charge in [0.25, 0.3) is 5.91 Å². The Balaban J connectivity index is 0.000000139. The minimum atomic E-state index is -0.905. The third-order valence-electron chi connectivity index (χ3n) is 16.3. The molecule has 498 valence electrons. The van der Waals surface area contributed by atoms with Gasteiger partial charge in [-0.2, -0.15) is 20.1 Å². The van der Waals surface area contributed by atoms with Gasteiger partial charge in [0, 0.05) is 80.7 Å². The van der Waals surface area contributed by atoms with Gasteiger partial charge in [0.2, 0.25) is 17.6 Å². The zero-order chi connectivity index (χ0) is 67.7. The molecule has 4 aliphatic rings. The molecule has 0 bridgehead atoms. The number of morpholine rings is 1. The van der Waals surface area contributed by atoms with E-state index in [0.29, 0.717) is 83.8 Å². The fraction of sp³-hybridized carbons (Fsp3) is 0.257. The molecule has 4 aliphatic heterocycles. The Morgan fingerprint density at radius 3 is 1.88 bits per heavy atom. The minimum absolute atomic E-state index is 0.112. The zero-order valence-corrected chi connectivity index (χ0v) is 55.0. The van der Waals surface area contributed by atoms with Crippen LogP contribution in [0.3, 0.4) is 0 Å². The van der Waals surface area contributed by atoms with Crippen LogP contribution in [0.1, 0.15) is 76.4 Å². The summed E-state index contributed by atoms with van der Waals surface area (Å²) in [7, 11) is 1.85. The van der Waals surface area contributed by atoms with Gasteiger partial charge in [0.05, 0.1) is 87.4 Å². The minimum Gasteiger partial charge on any atom is -0.472 e. The lowest BCUT2D eigenvalue weighted by atomic mass is 10.0. The average Bonchev–Trinajstić information content (AvgIpc) is 1.66. The van der Waals surface area contributed by atoms with E-state index >= 15 is 0 Å². The SMILES string of the molecule is CC(c1c(F)ccc(F)c1Cl)N1CCCc2ncc(Oc3ccc(N4CCOCC4)cc3)nc21.Cc1ccc(Cl)c(NC(=O)N2CCCc3ncc(OCc4cccnc4)nc32)c1.Cn1cc(-c2ccc(Oc3cnc4c(n3)N(C(=O)c3c(F)ccc(F)c3Cl)CCC4)cc2)cn1. The Morgan fingerprint density at radius 1 is 0.629 bits per heavy atom. The quantitative estimate of drug-likeness (QED) is 0.0842. The van der Waals surface area contributed by atoms with Gasteiger partial charge >= 0.3 is 6.03 Å². The number of benzene rings is 5. The Hall–Kier alpha value is -10.0. The maximum atomic E-state index is 14.6. The van der Waals surface area contributed by atoms with Crippen LogP contribution in [0.2, 0.25) is 15.1 Å². The highest BCUT2D eigenvalue weighted by Gasteiger charge is 2.33. The molecule has 97 heavy (non-hydrogen) atoms. The van der Waals surface area contributed by atoms with Gasteiger partial charge in [-0.3, -0.25) is 39.2 Å². The number of nitrogens with zero attached hydrogens (tertiary/aromatic N) is 13. The summed E-state index contributed by atoms with van der Waals surface area (Å²) < 4.78 is 81.6. The fourth-order valence-electron chi connectivity index (χ4n) is 11.4. The van der Waals surface area contributed by atoms with Gasteiger partial charge in [-0.15, -0.1) is 0 Å². The number of hydrogen-bond acceptors (Lipinski definition) is 16. The standard InChI is InChI=1S/C25H25ClF2N4O2.C24H18ClF2N5O2.C21H20ClN5O2/c1-16(23-19(27)8-9-20(28)24(23)26)32-10-2-3-21-25(32)30-22(15-29-21)34-18-6-4-17(5-7-18)31-11-13-33-14-12-31;1-31-13-15(11-29-31)14-4-6-16(7-5-14)34-20-12-28-19-3-2-10-32(23(19)30-20)24(33)21-17(26)8-9-18(27)22(21)25;1-14-6-7-16(22)18(10-14)25-21(28)27-9-3-5-17-20(27)26-19(12-24-17)29-13-15-4-2-8-23-11-15/h4-9,15-16H,2-3,10-14H2,1H3;4-9,11-13H,2-3,10H2,1H3;2,4,6-8,10-12H,3,5,9,13H2,1H3,(H,25,28). The number of ether oxygens (including phenoxy) is 4. The normalized spacial score (nSPS) is 14.3. The lowest BCUT2D eigenvalue weighted by Gasteiger charge is -2.35. The number of rotatable bonds is 13. The first-order valence-electron chi connectivity index (χ1n) is 31.2. The van der Waals surface area contributed by atoms with Crippen molar-refractivity contribution < 1.29 is 46.1 Å². The van der Waals surface area contributed by atoms with Crippen molar-refractivity contribution in [1.82, 2.24) is 44.7 Å². The molecule has 20 nitrogen and oxygen atoms in total. The summed E-state index contributed by atoms with van der Waals surface area (Å²) >= 11 is 18.3. The number of halogens is 7. The van der Waals surface area contributed by atoms with Crippen molar-refractivity contribution in [1.29, 1.82) is 0 Å². The van der Waals surface area contributed by atoms with Gasteiger partial charge in [0.15, 0.2) is 17.5 Å². The van der Waals surface area contributed by atoms with Crippen molar-refractivity contribution in [3.63, 3.8) is 0 Å². The molecule has 14 rings (SSSR count). The van der Waals surface area contributed by atoms with Crippen LogP contribution >= 0.6 is 34.8 Å². The summed E-state index contributed by atoms with van der Waals surface area (Å²) in [6.45, 7) is 8.66. The van der Waals surface area contributed by atoms with Gasteiger partial charge in [0.1, 0.15) is 41.4 Å². The second kappa shape index (κ2) is 30.4. The number of aromatic nitrogens is 9. The molecule has 5 aromatic carbocycles. The van der Waals surface area contributed by atoms with Gasteiger partial charge in [-0.05, 0) is 142 Å². The summed E-state index contributed by atoms with van der Waals surface area (Å²) in [5.74, 6) is -0.382. The van der Waals surface area contributed by atoms with Crippen molar-refractivity contribution >= 4 is 75.6 Å². The molecule has 0 saturated carbocycles. The summed E-state index contributed by atoms with van der Waals surface area (Å²) in [5, 5.41) is 6.76. The second-order valence-corrected chi connectivity index (χ2v) is 24.2. The average molecular weight is 1380 g/mol. The van der Waals surface area contributed by atoms with Crippen LogP contribution in [0.25, 0.3) is 11.1 Å². The Bertz CT molecular complexity index is 4480. The molecule has 1 unspecified atom stereocenters. The summed E-state index contributed by atoms with van der Waals surface area (Å²) in [4.78, 5) is 64.2. The molecule has 27 heteroatoms. The third kappa shape index (κ3) is 15.8. The topological polar surface area (TPSA) is 204 Å². The van der Waals surface area contributed by atoms with Crippen LogP contribution < -0.4 is 39.1 Å². The first-order chi connectivity index (χ1) is 47.0. The van der Waals surface area contributed by atoms with E-state index in [2.05, 4.69) is 50.2 Å². The monoisotopic (exact) mass is 1380 g/mol. The Kier molecular flexibility index (Phi) is 21.0. The molecule has 0 spiro atoms. The van der Waals surface area contributed by atoms with Crippen molar-refractivity contribution in [3.8, 4) is 40.3 Å². The molecule has 1 fully saturated rings. The van der Waals surface area contributed by atoms with Crippen molar-refractivity contribution in [2.24, 2.45) is 7.05 Å². The molecular weight excluding hydrogens is 1320 g/mol. The lowest BCUT2D eigenvalue weighted by Crippen LogP contribution is -2.39. The van der Waals surface area contributed by atoms with E-state index < -0.39 is 45.8 Å². The molecule has 9 heterocycles. The molecule has 1 saturated heterocycles. The van der Waals surface area contributed by atoms with Crippen molar-refractivity contribution in [2.75, 3.05) is 70.9 Å². The van der Waals surface area contributed by atoms with Crippen LogP contribution in [-0.2, 0) is 37.7 Å². The Labute approximate surface area is 570 Å². The molecular formula is C70H63Cl3F4N14O6. The van der Waals surface area contributed by atoms with Gasteiger partial charge in [-0.25, -0.2) is 22.4 Å². The second-order valence-electron chi connectivity index (χ2n) is 23.0. The molecule has 0 aliphatic carbocycles. The van der Waals surface area contributed by atoms with E-state index in [1.165, 1.54) is 11.1 Å². The van der Waals surface area contributed by atoms with Crippen molar-refractivity contribution in [3.05, 3.63) is 224 Å². The molecule has 10 aromatic rings. The number of fused-ring (bicyclic) bond motifs is 3. The van der Waals surface area contributed by atoms with E-state index in [0.717, 1.165) is 116 Å². The predicted molar refractivity (Wildman–Crippen MR) is 361 cm³/mol. The number of anilines is 5. The first kappa shape index (κ1) is 67.0. The highest BCUT2D eigenvalue weighted by atomic mass is 35.5. The van der Waals surface area contributed by atoms with Crippen LogP contribution in [0, 0.1) is 30.2 Å². The van der Waals surface area contributed by atoms with E-state index in [1.54, 1.807) is 65.7 Å². The van der Waals surface area contributed by atoms with Gasteiger partial charge < -0.3 is 34.1 Å². The molecule has 1 N–H and O–H groups in total. The first-order valence-corrected chi connectivity index (χ1v) is 32.3. The number of carbonyl (C=O) groups is 2. The molecule has 3 amide bonds. The van der Waals surface area contributed by atoms with E-state index in [9.17, 15) is 27.2 Å². The van der Waals surface area contributed by atoms with Crippen molar-refractivity contribution in [2.45, 2.75) is 65.0 Å². The number of pyridine rings is 1. The third-order valence-corrected chi connectivity index (χ3v) is 17.4. The number of aryl methyl sites for hydroxylation is 5. The maximum Gasteiger partial charge on any atom is 0.327 e. The van der Waals surface area contributed by atoms with Crippen LogP contribution in [0.4, 0.5) is 51.2 Å². The lowest BCUT2D eigenvalue weighted by molar-refractivity contribution is 0.0979. The smallest absolute Gasteiger partial charge is 0.327 e. The molecule has 1 atom stereocenters. The van der Waals surface area contributed by atoms with Crippen LogP contribution in [-0.4, -0.2) is 103 Å². The number of hydrogen-bond donors (Lipinski definition) is 1. The fourth-order valence-corrected chi connectivity index (χ4v) is 12.1. The predicted octanol–water partition coefficient (Wildman–Crippen LogP) is 15.1. The Morgan fingerprint density at radius 2 is 1.22 bits per heavy atom. The van der Waals surface area contributed by atoms with Crippen LogP contribution in [0.15, 0.2) is 147 Å². The summed E-state index contributed by atoms with van der Waals surface area (Å²) in [6, 6.07) is 27.5. The number of urea groups is 1. The highest BCUT2D eigenvalue weighted by molar-refractivity contribution is 6.35. The highest BCUT2D eigenvalue weighted by Crippen LogP contribution is 2.39. The van der Waals surface area contributed by atoms with E-state index in [1.807, 2.05) is 85.7 Å². The largest absolute Gasteiger partial charge is 0.472 e. The number of carbonyl (C=O) groups excluding carboxylic acids is 2.